The minimum Gasteiger partial charge on any atom is -0.409 e. The highest BCUT2D eigenvalue weighted by Gasteiger charge is 2.22. The number of unbranched alkanes of at least 4 members (excludes halogenated alkanes) is 1. The highest BCUT2D eigenvalue weighted by atomic mass is 79.9. The Morgan fingerprint density at radius 1 is 1.53 bits per heavy atom. The van der Waals surface area contributed by atoms with E-state index >= 15 is 0 Å². The van der Waals surface area contributed by atoms with E-state index in [1.807, 2.05) is 13.8 Å². The molecule has 0 spiro atoms. The molecule has 0 atom stereocenters. The fourth-order valence-electron chi connectivity index (χ4n) is 1.73. The van der Waals surface area contributed by atoms with E-state index in [1.165, 1.54) is 9.35 Å². The van der Waals surface area contributed by atoms with Gasteiger partial charge < -0.3 is 16.3 Å². The van der Waals surface area contributed by atoms with Crippen molar-refractivity contribution < 1.29 is 5.21 Å². The smallest absolute Gasteiger partial charge is 0.144 e. The average molecular weight is 348 g/mol. The summed E-state index contributed by atoms with van der Waals surface area (Å²) in [5.41, 5.74) is 5.42. The first-order valence-corrected chi connectivity index (χ1v) is 8.05. The third-order valence-corrected chi connectivity index (χ3v) is 5.11. The lowest BCUT2D eigenvalue weighted by Gasteiger charge is -2.22. The van der Waals surface area contributed by atoms with Crippen molar-refractivity contribution in [2.24, 2.45) is 16.3 Å². The van der Waals surface area contributed by atoms with Crippen LogP contribution >= 0.6 is 27.3 Å². The van der Waals surface area contributed by atoms with E-state index in [2.05, 4.69) is 37.8 Å². The molecule has 0 saturated carbocycles. The molecule has 0 fully saturated rings. The molecule has 19 heavy (non-hydrogen) atoms. The van der Waals surface area contributed by atoms with Gasteiger partial charge in [-0.2, -0.15) is 0 Å². The normalized spacial score (nSPS) is 12.9. The number of amidine groups is 1. The second-order valence-electron chi connectivity index (χ2n) is 5.19. The zero-order valence-electron chi connectivity index (χ0n) is 11.4. The second kappa shape index (κ2) is 7.87. The Hall–Kier alpha value is -0.590. The molecular formula is C13H22BrN3OS. The SMILES string of the molecule is CC(C)(CCCCNCc1sccc1Br)/C(N)=N/O. The van der Waals surface area contributed by atoms with Crippen molar-refractivity contribution in [1.82, 2.24) is 5.32 Å². The Balaban J connectivity index is 2.14. The summed E-state index contributed by atoms with van der Waals surface area (Å²) in [5, 5.41) is 17.3. The first-order valence-electron chi connectivity index (χ1n) is 6.38. The first kappa shape index (κ1) is 16.5. The van der Waals surface area contributed by atoms with Gasteiger partial charge in [0.15, 0.2) is 0 Å². The lowest BCUT2D eigenvalue weighted by atomic mass is 9.86. The van der Waals surface area contributed by atoms with Crippen LogP contribution in [0.2, 0.25) is 0 Å². The molecule has 0 aromatic carbocycles. The number of nitrogens with one attached hydrogen (secondary N) is 1. The molecule has 0 amide bonds. The zero-order valence-corrected chi connectivity index (χ0v) is 13.9. The molecular weight excluding hydrogens is 326 g/mol. The van der Waals surface area contributed by atoms with E-state index in [9.17, 15) is 0 Å². The Bertz CT molecular complexity index is 418. The zero-order chi connectivity index (χ0) is 14.3. The third-order valence-electron chi connectivity index (χ3n) is 3.18. The highest BCUT2D eigenvalue weighted by molar-refractivity contribution is 9.10. The van der Waals surface area contributed by atoms with E-state index in [0.717, 1.165) is 32.4 Å². The van der Waals surface area contributed by atoms with Gasteiger partial charge in [0.2, 0.25) is 0 Å². The largest absolute Gasteiger partial charge is 0.409 e. The molecule has 6 heteroatoms. The van der Waals surface area contributed by atoms with Gasteiger partial charge in [-0.3, -0.25) is 0 Å². The number of hydrogen-bond donors (Lipinski definition) is 3. The standard InChI is InChI=1S/C13H22BrN3OS/c1-13(2,12(15)17-18)6-3-4-7-16-9-11-10(14)5-8-19-11/h5,8,16,18H,3-4,6-7,9H2,1-2H3,(H2,15,17). The van der Waals surface area contributed by atoms with Gasteiger partial charge in [-0.1, -0.05) is 25.4 Å². The molecule has 1 aromatic heterocycles. The average Bonchev–Trinajstić information content (AvgIpc) is 2.78. The summed E-state index contributed by atoms with van der Waals surface area (Å²) >= 11 is 5.27. The highest BCUT2D eigenvalue weighted by Crippen LogP contribution is 2.24. The Morgan fingerprint density at radius 2 is 2.26 bits per heavy atom. The molecule has 1 rings (SSSR count). The number of rotatable bonds is 8. The molecule has 108 valence electrons. The van der Waals surface area contributed by atoms with Crippen molar-refractivity contribution in [3.05, 3.63) is 20.8 Å². The van der Waals surface area contributed by atoms with Crippen LogP contribution in [0.25, 0.3) is 0 Å². The van der Waals surface area contributed by atoms with Crippen LogP contribution in [0.4, 0.5) is 0 Å². The van der Waals surface area contributed by atoms with Crippen molar-refractivity contribution in [2.45, 2.75) is 39.7 Å². The lowest BCUT2D eigenvalue weighted by molar-refractivity contribution is 0.304. The Morgan fingerprint density at radius 3 is 2.84 bits per heavy atom. The molecule has 0 saturated heterocycles. The maximum absolute atomic E-state index is 8.69. The van der Waals surface area contributed by atoms with E-state index in [0.29, 0.717) is 5.84 Å². The fourth-order valence-corrected chi connectivity index (χ4v) is 3.20. The third kappa shape index (κ3) is 5.50. The van der Waals surface area contributed by atoms with E-state index in [4.69, 9.17) is 10.9 Å². The molecule has 1 heterocycles. The molecule has 0 aliphatic rings. The van der Waals surface area contributed by atoms with Gasteiger partial charge >= 0.3 is 0 Å². The summed E-state index contributed by atoms with van der Waals surface area (Å²) in [7, 11) is 0. The Labute approximate surface area is 127 Å². The van der Waals surface area contributed by atoms with E-state index in [-0.39, 0.29) is 5.41 Å². The summed E-state index contributed by atoms with van der Waals surface area (Å²) < 4.78 is 1.18. The topological polar surface area (TPSA) is 70.6 Å². The molecule has 0 aliphatic heterocycles. The predicted octanol–water partition coefficient (Wildman–Crippen LogP) is 3.54. The van der Waals surface area contributed by atoms with Crippen molar-refractivity contribution in [3.63, 3.8) is 0 Å². The molecule has 0 bridgehead atoms. The number of oxime groups is 1. The van der Waals surface area contributed by atoms with Crippen LogP contribution in [-0.2, 0) is 6.54 Å². The predicted molar refractivity (Wildman–Crippen MR) is 84.8 cm³/mol. The van der Waals surface area contributed by atoms with E-state index in [1.54, 1.807) is 11.3 Å². The van der Waals surface area contributed by atoms with Gasteiger partial charge in [-0.05, 0) is 46.8 Å². The molecule has 0 aliphatic carbocycles. The van der Waals surface area contributed by atoms with Gasteiger partial charge in [0.1, 0.15) is 5.84 Å². The summed E-state index contributed by atoms with van der Waals surface area (Å²) in [5.74, 6) is 0.308. The lowest BCUT2D eigenvalue weighted by Crippen LogP contribution is -2.32. The number of thiophene rings is 1. The van der Waals surface area contributed by atoms with Crippen LogP contribution < -0.4 is 11.1 Å². The molecule has 4 nitrogen and oxygen atoms in total. The van der Waals surface area contributed by atoms with Gasteiger partial charge in [-0.15, -0.1) is 11.3 Å². The quantitative estimate of drug-likeness (QED) is 0.221. The van der Waals surface area contributed by atoms with Gasteiger partial charge in [-0.25, -0.2) is 0 Å². The van der Waals surface area contributed by atoms with Gasteiger partial charge in [0.25, 0.3) is 0 Å². The summed E-state index contributed by atoms with van der Waals surface area (Å²) in [6.07, 6.45) is 3.07. The van der Waals surface area contributed by atoms with E-state index < -0.39 is 0 Å². The van der Waals surface area contributed by atoms with Crippen LogP contribution in [0, 0.1) is 5.41 Å². The van der Waals surface area contributed by atoms with Gasteiger partial charge in [0.05, 0.1) is 0 Å². The molecule has 4 N–H and O–H groups in total. The number of hydrogen-bond acceptors (Lipinski definition) is 4. The minimum absolute atomic E-state index is 0.231. The van der Waals surface area contributed by atoms with Crippen LogP contribution in [0.5, 0.6) is 0 Å². The maximum atomic E-state index is 8.69. The van der Waals surface area contributed by atoms with Crippen molar-refractivity contribution in [3.8, 4) is 0 Å². The molecule has 0 unspecified atom stereocenters. The van der Waals surface area contributed by atoms with Crippen LogP contribution in [0.3, 0.4) is 0 Å². The fraction of sp³-hybridized carbons (Fsp3) is 0.615. The molecule has 1 aromatic rings. The minimum atomic E-state index is -0.231. The monoisotopic (exact) mass is 347 g/mol. The summed E-state index contributed by atoms with van der Waals surface area (Å²) in [4.78, 5) is 1.33. The van der Waals surface area contributed by atoms with Crippen LogP contribution in [-0.4, -0.2) is 17.6 Å². The molecule has 0 radical (unpaired) electrons. The van der Waals surface area contributed by atoms with Gasteiger partial charge in [0, 0.05) is 21.3 Å². The number of nitrogens with two attached hydrogens (primary N) is 1. The van der Waals surface area contributed by atoms with Crippen LogP contribution in [0.15, 0.2) is 21.1 Å². The van der Waals surface area contributed by atoms with Crippen molar-refractivity contribution in [1.29, 1.82) is 0 Å². The Kier molecular flexibility index (Phi) is 6.82. The first-order chi connectivity index (χ1) is 8.97. The van der Waals surface area contributed by atoms with Crippen LogP contribution in [0.1, 0.15) is 38.0 Å². The van der Waals surface area contributed by atoms with Crippen molar-refractivity contribution >= 4 is 33.1 Å². The maximum Gasteiger partial charge on any atom is 0.144 e. The number of halogens is 1. The number of nitrogens with zero attached hydrogens (tertiary/aromatic N) is 1. The summed E-state index contributed by atoms with van der Waals surface area (Å²) in [6.45, 7) is 5.88. The van der Waals surface area contributed by atoms with Crippen molar-refractivity contribution in [2.75, 3.05) is 6.54 Å². The second-order valence-corrected chi connectivity index (χ2v) is 7.05. The summed E-state index contributed by atoms with van der Waals surface area (Å²) in [6, 6.07) is 2.07.